The quantitative estimate of drug-likeness (QED) is 0.835. The van der Waals surface area contributed by atoms with Gasteiger partial charge in [0.1, 0.15) is 0 Å². The molecule has 0 spiro atoms. The Morgan fingerprint density at radius 1 is 1.06 bits per heavy atom. The van der Waals surface area contributed by atoms with Gasteiger partial charge in [0.25, 0.3) is 0 Å². The molecule has 1 aromatic rings. The molecule has 102 valence electrons. The predicted octanol–water partition coefficient (Wildman–Crippen LogP) is 3.50. The van der Waals surface area contributed by atoms with E-state index in [9.17, 15) is 0 Å². The van der Waals surface area contributed by atoms with Crippen LogP contribution in [0.5, 0.6) is 0 Å². The van der Waals surface area contributed by atoms with Crippen LogP contribution in [0.15, 0.2) is 18.2 Å². The van der Waals surface area contributed by atoms with Gasteiger partial charge in [-0.15, -0.1) is 0 Å². The zero-order valence-electron chi connectivity index (χ0n) is 12.5. The van der Waals surface area contributed by atoms with Crippen molar-refractivity contribution in [2.24, 2.45) is 11.7 Å². The Morgan fingerprint density at radius 3 is 1.94 bits per heavy atom. The lowest BCUT2D eigenvalue weighted by Crippen LogP contribution is -2.43. The van der Waals surface area contributed by atoms with Gasteiger partial charge in [-0.1, -0.05) is 32.8 Å². The molecule has 0 aliphatic heterocycles. The molecule has 0 bridgehead atoms. The molecule has 0 saturated heterocycles. The first kappa shape index (κ1) is 15.0. The van der Waals surface area contributed by atoms with Crippen LogP contribution in [0, 0.1) is 19.8 Å². The van der Waals surface area contributed by atoms with Gasteiger partial charge >= 0.3 is 0 Å². The number of benzene rings is 1. The molecular formula is C16H28N2. The van der Waals surface area contributed by atoms with E-state index in [4.69, 9.17) is 5.73 Å². The summed E-state index contributed by atoms with van der Waals surface area (Å²) >= 11 is 0. The van der Waals surface area contributed by atoms with E-state index in [2.05, 4.69) is 57.8 Å². The van der Waals surface area contributed by atoms with Crippen molar-refractivity contribution in [3.8, 4) is 0 Å². The third kappa shape index (κ3) is 3.49. The van der Waals surface area contributed by atoms with E-state index in [1.54, 1.807) is 0 Å². The van der Waals surface area contributed by atoms with Gasteiger partial charge in [0.05, 0.1) is 0 Å². The highest BCUT2D eigenvalue weighted by atomic mass is 15.1. The smallest absolute Gasteiger partial charge is 0.0437 e. The Balaban J connectivity index is 2.98. The fourth-order valence-electron chi connectivity index (χ4n) is 2.85. The van der Waals surface area contributed by atoms with E-state index >= 15 is 0 Å². The van der Waals surface area contributed by atoms with Crippen molar-refractivity contribution in [3.63, 3.8) is 0 Å². The molecule has 2 nitrogen and oxygen atoms in total. The Bertz CT molecular complexity index is 349. The molecule has 18 heavy (non-hydrogen) atoms. The number of anilines is 1. The Hall–Kier alpha value is -1.02. The van der Waals surface area contributed by atoms with Crippen LogP contribution in [0.25, 0.3) is 0 Å². The first-order valence-electron chi connectivity index (χ1n) is 7.04. The number of rotatable bonds is 6. The van der Waals surface area contributed by atoms with Gasteiger partial charge in [0.15, 0.2) is 0 Å². The van der Waals surface area contributed by atoms with Gasteiger partial charge in [0, 0.05) is 25.3 Å². The van der Waals surface area contributed by atoms with E-state index in [-0.39, 0.29) is 0 Å². The van der Waals surface area contributed by atoms with Crippen LogP contribution in [-0.2, 0) is 0 Å². The van der Waals surface area contributed by atoms with Crippen LogP contribution < -0.4 is 10.6 Å². The number of likely N-dealkylation sites (N-methyl/N-ethyl adjacent to an activating group) is 1. The summed E-state index contributed by atoms with van der Waals surface area (Å²) in [7, 11) is 2.17. The topological polar surface area (TPSA) is 29.3 Å². The summed E-state index contributed by atoms with van der Waals surface area (Å²) in [5.41, 5.74) is 9.92. The van der Waals surface area contributed by atoms with Crippen LogP contribution in [-0.4, -0.2) is 19.6 Å². The number of hydrogen-bond donors (Lipinski definition) is 1. The average Bonchev–Trinajstić information content (AvgIpc) is 2.33. The monoisotopic (exact) mass is 248 g/mol. The molecule has 0 heterocycles. The van der Waals surface area contributed by atoms with Crippen molar-refractivity contribution in [2.75, 3.05) is 18.5 Å². The van der Waals surface area contributed by atoms with Gasteiger partial charge in [-0.3, -0.25) is 0 Å². The lowest BCUT2D eigenvalue weighted by Gasteiger charge is -2.35. The molecule has 1 unspecified atom stereocenters. The van der Waals surface area contributed by atoms with E-state index in [1.807, 2.05) is 0 Å². The Morgan fingerprint density at radius 2 is 1.56 bits per heavy atom. The molecule has 0 amide bonds. The molecule has 0 aliphatic rings. The van der Waals surface area contributed by atoms with Crippen LogP contribution >= 0.6 is 0 Å². The largest absolute Gasteiger partial charge is 0.370 e. The minimum Gasteiger partial charge on any atom is -0.370 e. The number of aryl methyl sites for hydroxylation is 2. The minimum atomic E-state index is 0.432. The van der Waals surface area contributed by atoms with E-state index in [0.29, 0.717) is 12.0 Å². The fourth-order valence-corrected chi connectivity index (χ4v) is 2.85. The van der Waals surface area contributed by atoms with Crippen molar-refractivity contribution in [1.29, 1.82) is 0 Å². The second-order valence-electron chi connectivity index (χ2n) is 5.34. The number of nitrogens with two attached hydrogens (primary N) is 1. The van der Waals surface area contributed by atoms with Gasteiger partial charge in [-0.25, -0.2) is 0 Å². The summed E-state index contributed by atoms with van der Waals surface area (Å²) in [6.45, 7) is 9.53. The summed E-state index contributed by atoms with van der Waals surface area (Å²) in [5, 5.41) is 0. The van der Waals surface area contributed by atoms with Crippen molar-refractivity contribution in [3.05, 3.63) is 29.3 Å². The van der Waals surface area contributed by atoms with Gasteiger partial charge in [-0.2, -0.15) is 0 Å². The zero-order chi connectivity index (χ0) is 13.7. The average molecular weight is 248 g/mol. The molecule has 0 radical (unpaired) electrons. The molecular weight excluding hydrogens is 220 g/mol. The standard InChI is InChI=1S/C16H28N2/c1-6-14(7-2)16(11-17)18(5)15-9-12(3)8-13(4)10-15/h8-10,14,16H,6-7,11,17H2,1-5H3. The lowest BCUT2D eigenvalue weighted by molar-refractivity contribution is 0.389. The highest BCUT2D eigenvalue weighted by Gasteiger charge is 2.21. The van der Waals surface area contributed by atoms with Crippen LogP contribution in [0.3, 0.4) is 0 Å². The molecule has 0 aromatic heterocycles. The van der Waals surface area contributed by atoms with Crippen molar-refractivity contribution < 1.29 is 0 Å². The SMILES string of the molecule is CCC(CC)C(CN)N(C)c1cc(C)cc(C)c1. The van der Waals surface area contributed by atoms with E-state index in [0.717, 1.165) is 6.54 Å². The van der Waals surface area contributed by atoms with Crippen LogP contribution in [0.2, 0.25) is 0 Å². The van der Waals surface area contributed by atoms with Crippen molar-refractivity contribution in [1.82, 2.24) is 0 Å². The minimum absolute atomic E-state index is 0.432. The lowest BCUT2D eigenvalue weighted by atomic mass is 9.92. The molecule has 2 heteroatoms. The molecule has 1 atom stereocenters. The summed E-state index contributed by atoms with van der Waals surface area (Å²) in [6, 6.07) is 7.14. The van der Waals surface area contributed by atoms with Crippen LogP contribution in [0.4, 0.5) is 5.69 Å². The van der Waals surface area contributed by atoms with Crippen molar-refractivity contribution >= 4 is 5.69 Å². The van der Waals surface area contributed by atoms with Crippen molar-refractivity contribution in [2.45, 2.75) is 46.6 Å². The van der Waals surface area contributed by atoms with Gasteiger partial charge < -0.3 is 10.6 Å². The molecule has 0 fully saturated rings. The maximum atomic E-state index is 6.00. The molecule has 0 saturated carbocycles. The first-order chi connectivity index (χ1) is 8.53. The normalized spacial score (nSPS) is 12.8. The molecule has 0 aliphatic carbocycles. The maximum absolute atomic E-state index is 6.00. The second-order valence-corrected chi connectivity index (χ2v) is 5.34. The molecule has 1 rings (SSSR count). The highest BCUT2D eigenvalue weighted by molar-refractivity contribution is 5.51. The van der Waals surface area contributed by atoms with Gasteiger partial charge in [-0.05, 0) is 43.0 Å². The number of hydrogen-bond acceptors (Lipinski definition) is 2. The summed E-state index contributed by atoms with van der Waals surface area (Å²) in [4.78, 5) is 2.36. The number of nitrogens with zero attached hydrogens (tertiary/aromatic N) is 1. The zero-order valence-corrected chi connectivity index (χ0v) is 12.5. The van der Waals surface area contributed by atoms with Gasteiger partial charge in [0.2, 0.25) is 0 Å². The fraction of sp³-hybridized carbons (Fsp3) is 0.625. The highest BCUT2D eigenvalue weighted by Crippen LogP contribution is 2.24. The van der Waals surface area contributed by atoms with E-state index < -0.39 is 0 Å². The third-order valence-electron chi connectivity index (χ3n) is 3.95. The Labute approximate surface area is 112 Å². The second kappa shape index (κ2) is 6.79. The third-order valence-corrected chi connectivity index (χ3v) is 3.95. The van der Waals surface area contributed by atoms with Crippen LogP contribution in [0.1, 0.15) is 37.8 Å². The summed E-state index contributed by atoms with van der Waals surface area (Å²) < 4.78 is 0. The Kier molecular flexibility index (Phi) is 5.67. The van der Waals surface area contributed by atoms with E-state index in [1.165, 1.54) is 29.7 Å². The predicted molar refractivity (Wildman–Crippen MR) is 81.2 cm³/mol. The molecule has 1 aromatic carbocycles. The summed E-state index contributed by atoms with van der Waals surface area (Å²) in [6.07, 6.45) is 2.38. The molecule has 2 N–H and O–H groups in total. The summed E-state index contributed by atoms with van der Waals surface area (Å²) in [5.74, 6) is 0.667. The maximum Gasteiger partial charge on any atom is 0.0437 e. The first-order valence-corrected chi connectivity index (χ1v) is 7.04.